The summed E-state index contributed by atoms with van der Waals surface area (Å²) in [6.07, 6.45) is 6.68. The van der Waals surface area contributed by atoms with Crippen LogP contribution in [0.1, 0.15) is 42.1 Å². The summed E-state index contributed by atoms with van der Waals surface area (Å²) in [5.74, 6) is 1.49. The molecule has 0 spiro atoms. The van der Waals surface area contributed by atoms with Crippen molar-refractivity contribution < 1.29 is 4.74 Å². The Kier molecular flexibility index (Phi) is 5.71. The monoisotopic (exact) mass is 390 g/mol. The van der Waals surface area contributed by atoms with E-state index in [4.69, 9.17) is 9.72 Å². The van der Waals surface area contributed by atoms with Crippen molar-refractivity contribution in [3.63, 3.8) is 0 Å². The Bertz CT molecular complexity index is 1030. The van der Waals surface area contributed by atoms with Gasteiger partial charge in [-0.2, -0.15) is 0 Å². The van der Waals surface area contributed by atoms with Crippen LogP contribution in [0.4, 0.5) is 0 Å². The fourth-order valence-corrected chi connectivity index (χ4v) is 4.06. The van der Waals surface area contributed by atoms with Crippen LogP contribution in [0.2, 0.25) is 0 Å². The molecular formula is C23H26N4O2. The van der Waals surface area contributed by atoms with Gasteiger partial charge in [-0.1, -0.05) is 24.1 Å². The van der Waals surface area contributed by atoms with E-state index >= 15 is 0 Å². The van der Waals surface area contributed by atoms with E-state index in [1.54, 1.807) is 25.6 Å². The number of aromatic nitrogens is 3. The highest BCUT2D eigenvalue weighted by Gasteiger charge is 2.27. The lowest BCUT2D eigenvalue weighted by Crippen LogP contribution is -2.34. The molecule has 3 heterocycles. The molecule has 1 saturated heterocycles. The first-order chi connectivity index (χ1) is 14.1. The van der Waals surface area contributed by atoms with Crippen LogP contribution in [0.25, 0.3) is 11.4 Å². The standard InChI is InChI=1S/C23H26N4O2/c1-16-6-7-21(29-2)18(13-16)15-27-12-4-3-5-20(27)19-14-22(28)26-23(25-19)17-8-10-24-11-9-17/h6-11,13-14,20H,3-5,12,15H2,1-2H3,(H,25,26,28). The second-order valence-corrected chi connectivity index (χ2v) is 7.55. The minimum atomic E-state index is -0.125. The van der Waals surface area contributed by atoms with Crippen LogP contribution in [0.5, 0.6) is 5.75 Å². The maximum Gasteiger partial charge on any atom is 0.251 e. The van der Waals surface area contributed by atoms with Gasteiger partial charge in [-0.05, 0) is 44.5 Å². The van der Waals surface area contributed by atoms with Gasteiger partial charge < -0.3 is 9.72 Å². The van der Waals surface area contributed by atoms with Crippen molar-refractivity contribution in [2.24, 2.45) is 0 Å². The highest BCUT2D eigenvalue weighted by Crippen LogP contribution is 2.33. The number of nitrogens with one attached hydrogen (secondary N) is 1. The number of pyridine rings is 1. The normalized spacial score (nSPS) is 17.2. The quantitative estimate of drug-likeness (QED) is 0.716. The van der Waals surface area contributed by atoms with Crippen LogP contribution in [0, 0.1) is 6.92 Å². The Morgan fingerprint density at radius 2 is 2.00 bits per heavy atom. The summed E-state index contributed by atoms with van der Waals surface area (Å²) in [6.45, 7) is 3.84. The van der Waals surface area contributed by atoms with Gasteiger partial charge in [0.15, 0.2) is 0 Å². The molecule has 0 aliphatic carbocycles. The molecule has 4 rings (SSSR count). The molecular weight excluding hydrogens is 364 g/mol. The van der Waals surface area contributed by atoms with Crippen LogP contribution in [0.3, 0.4) is 0 Å². The molecule has 0 bridgehead atoms. The number of hydrogen-bond donors (Lipinski definition) is 1. The highest BCUT2D eigenvalue weighted by molar-refractivity contribution is 5.53. The zero-order valence-electron chi connectivity index (χ0n) is 16.9. The van der Waals surface area contributed by atoms with Crippen LogP contribution in [-0.4, -0.2) is 33.5 Å². The summed E-state index contributed by atoms with van der Waals surface area (Å²) in [4.78, 5) is 26.5. The Labute approximate surface area is 170 Å². The van der Waals surface area contributed by atoms with Gasteiger partial charge in [0.25, 0.3) is 5.56 Å². The minimum absolute atomic E-state index is 0.108. The number of aromatic amines is 1. The number of likely N-dealkylation sites (tertiary alicyclic amines) is 1. The Balaban J connectivity index is 1.67. The molecule has 0 amide bonds. The number of rotatable bonds is 5. The first-order valence-electron chi connectivity index (χ1n) is 10.0. The van der Waals surface area contributed by atoms with Gasteiger partial charge in [-0.3, -0.25) is 14.7 Å². The lowest BCUT2D eigenvalue weighted by Gasteiger charge is -2.35. The summed E-state index contributed by atoms with van der Waals surface area (Å²) in [5, 5.41) is 0. The maximum atomic E-state index is 12.4. The largest absolute Gasteiger partial charge is 0.496 e. The van der Waals surface area contributed by atoms with Gasteiger partial charge in [-0.25, -0.2) is 4.98 Å². The van der Waals surface area contributed by atoms with Gasteiger partial charge in [0.1, 0.15) is 11.6 Å². The summed E-state index contributed by atoms with van der Waals surface area (Å²) in [6, 6.07) is 11.7. The summed E-state index contributed by atoms with van der Waals surface area (Å²) < 4.78 is 5.58. The van der Waals surface area contributed by atoms with Crippen LogP contribution < -0.4 is 10.3 Å². The fourth-order valence-electron chi connectivity index (χ4n) is 4.06. The molecule has 1 unspecified atom stereocenters. The van der Waals surface area contributed by atoms with Crippen molar-refractivity contribution in [1.82, 2.24) is 19.9 Å². The number of nitrogens with zero attached hydrogens (tertiary/aromatic N) is 3. The van der Waals surface area contributed by atoms with Crippen molar-refractivity contribution in [3.8, 4) is 17.1 Å². The maximum absolute atomic E-state index is 12.4. The van der Waals surface area contributed by atoms with E-state index in [9.17, 15) is 4.79 Å². The molecule has 6 heteroatoms. The van der Waals surface area contributed by atoms with Crippen molar-refractivity contribution >= 4 is 0 Å². The predicted molar refractivity (Wildman–Crippen MR) is 113 cm³/mol. The third-order valence-electron chi connectivity index (χ3n) is 5.48. The van der Waals surface area contributed by atoms with Gasteiger partial charge in [-0.15, -0.1) is 0 Å². The molecule has 1 aromatic carbocycles. The zero-order valence-corrected chi connectivity index (χ0v) is 16.9. The molecule has 1 fully saturated rings. The Morgan fingerprint density at radius 3 is 2.79 bits per heavy atom. The predicted octanol–water partition coefficient (Wildman–Crippen LogP) is 3.88. The summed E-state index contributed by atoms with van der Waals surface area (Å²) >= 11 is 0. The lowest BCUT2D eigenvalue weighted by molar-refractivity contribution is 0.136. The van der Waals surface area contributed by atoms with E-state index in [1.165, 1.54) is 11.1 Å². The molecule has 1 N–H and O–H groups in total. The average Bonchev–Trinajstić information content (AvgIpc) is 2.74. The zero-order chi connectivity index (χ0) is 20.2. The molecule has 1 aliphatic rings. The number of methoxy groups -OCH3 is 1. The fraction of sp³-hybridized carbons (Fsp3) is 0.348. The summed E-state index contributed by atoms with van der Waals surface area (Å²) in [7, 11) is 1.71. The summed E-state index contributed by atoms with van der Waals surface area (Å²) in [5.41, 5.74) is 3.94. The van der Waals surface area contributed by atoms with Crippen molar-refractivity contribution in [3.05, 3.63) is 76.0 Å². The number of ether oxygens (including phenoxy) is 1. The number of hydrogen-bond acceptors (Lipinski definition) is 5. The van der Waals surface area contributed by atoms with Crippen molar-refractivity contribution in [2.45, 2.75) is 38.8 Å². The molecule has 2 aromatic heterocycles. The smallest absolute Gasteiger partial charge is 0.251 e. The first-order valence-corrected chi connectivity index (χ1v) is 10.0. The van der Waals surface area contributed by atoms with E-state index < -0.39 is 0 Å². The van der Waals surface area contributed by atoms with Crippen molar-refractivity contribution in [2.75, 3.05) is 13.7 Å². The van der Waals surface area contributed by atoms with Gasteiger partial charge in [0.05, 0.1) is 18.8 Å². The molecule has 0 radical (unpaired) electrons. The first kappa shape index (κ1) is 19.3. The topological polar surface area (TPSA) is 71.1 Å². The number of aryl methyl sites for hydroxylation is 1. The van der Waals surface area contributed by atoms with Crippen LogP contribution in [0.15, 0.2) is 53.6 Å². The van der Waals surface area contributed by atoms with E-state index in [2.05, 4.69) is 33.9 Å². The van der Waals surface area contributed by atoms with E-state index in [0.29, 0.717) is 5.82 Å². The SMILES string of the molecule is COc1ccc(C)cc1CN1CCCCC1c1cc(=O)[nH]c(-c2ccncc2)n1. The highest BCUT2D eigenvalue weighted by atomic mass is 16.5. The molecule has 1 atom stereocenters. The minimum Gasteiger partial charge on any atom is -0.496 e. The molecule has 150 valence electrons. The molecule has 29 heavy (non-hydrogen) atoms. The third kappa shape index (κ3) is 4.38. The Hall–Kier alpha value is -2.99. The van der Waals surface area contributed by atoms with Gasteiger partial charge >= 0.3 is 0 Å². The number of H-pyrrole nitrogens is 1. The van der Waals surface area contributed by atoms with E-state index in [-0.39, 0.29) is 11.6 Å². The second kappa shape index (κ2) is 8.57. The van der Waals surface area contributed by atoms with Crippen LogP contribution >= 0.6 is 0 Å². The lowest BCUT2D eigenvalue weighted by atomic mass is 9.97. The van der Waals surface area contributed by atoms with Crippen molar-refractivity contribution in [1.29, 1.82) is 0 Å². The van der Waals surface area contributed by atoms with Gasteiger partial charge in [0, 0.05) is 36.1 Å². The Morgan fingerprint density at radius 1 is 1.17 bits per heavy atom. The van der Waals surface area contributed by atoms with E-state index in [0.717, 1.165) is 49.4 Å². The second-order valence-electron chi connectivity index (χ2n) is 7.55. The molecule has 3 aromatic rings. The molecule has 0 saturated carbocycles. The number of benzene rings is 1. The number of piperidine rings is 1. The average molecular weight is 390 g/mol. The third-order valence-corrected chi connectivity index (χ3v) is 5.48. The van der Waals surface area contributed by atoms with E-state index in [1.807, 2.05) is 18.2 Å². The molecule has 1 aliphatic heterocycles. The molecule has 6 nitrogen and oxygen atoms in total. The van der Waals surface area contributed by atoms with Gasteiger partial charge in [0.2, 0.25) is 0 Å². The van der Waals surface area contributed by atoms with Crippen LogP contribution in [-0.2, 0) is 6.54 Å².